The van der Waals surface area contributed by atoms with Gasteiger partial charge < -0.3 is 5.32 Å². The number of nitrogens with one attached hydrogen (secondary N) is 1. The smallest absolute Gasteiger partial charge is 0.101 e. The molecule has 2 nitrogen and oxygen atoms in total. The number of benzene rings is 2. The summed E-state index contributed by atoms with van der Waals surface area (Å²) in [5.74, 6) is 0. The van der Waals surface area contributed by atoms with Gasteiger partial charge in [0.05, 0.1) is 11.3 Å². The molecule has 0 heterocycles. The Hall–Kier alpha value is -1.69. The van der Waals surface area contributed by atoms with Crippen molar-refractivity contribution < 1.29 is 0 Å². The first kappa shape index (κ1) is 13.7. The second kappa shape index (κ2) is 5.97. The van der Waals surface area contributed by atoms with Gasteiger partial charge in [-0.3, -0.25) is 0 Å². The van der Waals surface area contributed by atoms with Crippen LogP contribution in [0.5, 0.6) is 0 Å². The predicted molar refractivity (Wildman–Crippen MR) is 79.7 cm³/mol. The molecule has 0 aliphatic heterocycles. The second-order valence-corrected chi connectivity index (χ2v) is 5.10. The third kappa shape index (κ3) is 3.41. The molecule has 2 rings (SSSR count). The van der Waals surface area contributed by atoms with E-state index in [1.807, 2.05) is 37.3 Å². The van der Waals surface area contributed by atoms with E-state index in [0.29, 0.717) is 15.6 Å². The van der Waals surface area contributed by atoms with Gasteiger partial charge in [0.15, 0.2) is 0 Å². The van der Waals surface area contributed by atoms with Crippen LogP contribution in [-0.2, 0) is 0 Å². The van der Waals surface area contributed by atoms with Crippen LogP contribution in [0.15, 0.2) is 42.5 Å². The Labute approximate surface area is 122 Å². The van der Waals surface area contributed by atoms with Crippen molar-refractivity contribution in [3.63, 3.8) is 0 Å². The summed E-state index contributed by atoms with van der Waals surface area (Å²) >= 11 is 11.8. The van der Waals surface area contributed by atoms with Gasteiger partial charge >= 0.3 is 0 Å². The average Bonchev–Trinajstić information content (AvgIpc) is 2.40. The number of rotatable bonds is 3. The lowest BCUT2D eigenvalue weighted by Crippen LogP contribution is -2.07. The minimum atomic E-state index is 0.0481. The maximum absolute atomic E-state index is 9.10. The fraction of sp³-hybridized carbons (Fsp3) is 0.133. The van der Waals surface area contributed by atoms with Gasteiger partial charge in [-0.15, -0.1) is 0 Å². The maximum Gasteiger partial charge on any atom is 0.101 e. The molecule has 2 aromatic carbocycles. The van der Waals surface area contributed by atoms with E-state index in [2.05, 4.69) is 11.4 Å². The second-order valence-electron chi connectivity index (χ2n) is 4.22. The molecule has 0 aliphatic carbocycles. The topological polar surface area (TPSA) is 35.8 Å². The van der Waals surface area contributed by atoms with Gasteiger partial charge in [0, 0.05) is 16.1 Å². The summed E-state index contributed by atoms with van der Waals surface area (Å²) in [5, 5.41) is 13.6. The number of halogens is 2. The van der Waals surface area contributed by atoms with Crippen LogP contribution in [0.25, 0.3) is 0 Å². The van der Waals surface area contributed by atoms with Gasteiger partial charge in [-0.25, -0.2) is 0 Å². The van der Waals surface area contributed by atoms with E-state index in [-0.39, 0.29) is 6.04 Å². The lowest BCUT2D eigenvalue weighted by Gasteiger charge is -2.17. The molecule has 0 spiro atoms. The SMILES string of the molecule is CC(Nc1ccc(Cl)cc1C#N)c1cccc(Cl)c1. The minimum Gasteiger partial charge on any atom is -0.377 e. The molecule has 2 aromatic rings. The van der Waals surface area contributed by atoms with Crippen LogP contribution in [0, 0.1) is 11.3 Å². The summed E-state index contributed by atoms with van der Waals surface area (Å²) in [4.78, 5) is 0. The molecule has 0 aliphatic rings. The van der Waals surface area contributed by atoms with Gasteiger partial charge in [0.25, 0.3) is 0 Å². The first-order valence-electron chi connectivity index (χ1n) is 5.82. The zero-order chi connectivity index (χ0) is 13.8. The molecule has 4 heteroatoms. The molecular formula is C15H12Cl2N2. The highest BCUT2D eigenvalue weighted by Crippen LogP contribution is 2.25. The van der Waals surface area contributed by atoms with Crippen LogP contribution >= 0.6 is 23.2 Å². The van der Waals surface area contributed by atoms with E-state index in [1.54, 1.807) is 12.1 Å². The fourth-order valence-electron chi connectivity index (χ4n) is 1.83. The van der Waals surface area contributed by atoms with Crippen molar-refractivity contribution in [3.8, 4) is 6.07 Å². The number of hydrogen-bond acceptors (Lipinski definition) is 2. The van der Waals surface area contributed by atoms with Crippen molar-refractivity contribution in [1.29, 1.82) is 5.26 Å². The first-order chi connectivity index (χ1) is 9.10. The largest absolute Gasteiger partial charge is 0.377 e. The molecule has 0 radical (unpaired) electrons. The normalized spacial score (nSPS) is 11.7. The molecule has 1 atom stereocenters. The summed E-state index contributed by atoms with van der Waals surface area (Å²) in [6.45, 7) is 2.02. The Morgan fingerprint density at radius 2 is 1.84 bits per heavy atom. The van der Waals surface area contributed by atoms with Crippen LogP contribution in [0.1, 0.15) is 24.1 Å². The fourth-order valence-corrected chi connectivity index (χ4v) is 2.20. The maximum atomic E-state index is 9.10. The van der Waals surface area contributed by atoms with E-state index in [0.717, 1.165) is 11.3 Å². The lowest BCUT2D eigenvalue weighted by molar-refractivity contribution is 0.884. The molecule has 1 N–H and O–H groups in total. The zero-order valence-electron chi connectivity index (χ0n) is 10.3. The Bertz CT molecular complexity index is 632. The van der Waals surface area contributed by atoms with E-state index < -0.39 is 0 Å². The third-order valence-electron chi connectivity index (χ3n) is 2.82. The van der Waals surface area contributed by atoms with Gasteiger partial charge in [-0.1, -0.05) is 35.3 Å². The molecule has 0 saturated heterocycles. The van der Waals surface area contributed by atoms with Crippen LogP contribution in [0.4, 0.5) is 5.69 Å². The number of hydrogen-bond donors (Lipinski definition) is 1. The Morgan fingerprint density at radius 3 is 2.53 bits per heavy atom. The molecule has 96 valence electrons. The van der Waals surface area contributed by atoms with E-state index in [9.17, 15) is 0 Å². The van der Waals surface area contributed by atoms with Crippen LogP contribution < -0.4 is 5.32 Å². The molecule has 1 unspecified atom stereocenters. The van der Waals surface area contributed by atoms with Crippen LogP contribution in [0.3, 0.4) is 0 Å². The molecular weight excluding hydrogens is 279 g/mol. The number of nitrogens with zero attached hydrogens (tertiary/aromatic N) is 1. The Morgan fingerprint density at radius 1 is 1.11 bits per heavy atom. The van der Waals surface area contributed by atoms with Gasteiger partial charge in [0.1, 0.15) is 6.07 Å². The number of anilines is 1. The Kier molecular flexibility index (Phi) is 4.31. The summed E-state index contributed by atoms with van der Waals surface area (Å²) in [7, 11) is 0. The highest BCUT2D eigenvalue weighted by atomic mass is 35.5. The van der Waals surface area contributed by atoms with E-state index in [4.69, 9.17) is 28.5 Å². The van der Waals surface area contributed by atoms with Crippen molar-refractivity contribution in [2.75, 3.05) is 5.32 Å². The molecule has 0 bridgehead atoms. The van der Waals surface area contributed by atoms with Crippen molar-refractivity contribution in [2.45, 2.75) is 13.0 Å². The highest BCUT2D eigenvalue weighted by Gasteiger charge is 2.09. The quantitative estimate of drug-likeness (QED) is 0.860. The molecule has 0 amide bonds. The summed E-state index contributed by atoms with van der Waals surface area (Å²) in [6.07, 6.45) is 0. The van der Waals surface area contributed by atoms with Gasteiger partial charge in [0.2, 0.25) is 0 Å². The minimum absolute atomic E-state index is 0.0481. The summed E-state index contributed by atoms with van der Waals surface area (Å²) in [5.41, 5.74) is 2.35. The van der Waals surface area contributed by atoms with Crippen LogP contribution in [0.2, 0.25) is 10.0 Å². The molecule has 0 aromatic heterocycles. The van der Waals surface area contributed by atoms with E-state index in [1.165, 1.54) is 0 Å². The highest BCUT2D eigenvalue weighted by molar-refractivity contribution is 6.31. The molecule has 0 fully saturated rings. The summed E-state index contributed by atoms with van der Waals surface area (Å²) in [6, 6.07) is 15.0. The van der Waals surface area contributed by atoms with Crippen molar-refractivity contribution in [1.82, 2.24) is 0 Å². The third-order valence-corrected chi connectivity index (χ3v) is 3.29. The predicted octanol–water partition coefficient (Wildman–Crippen LogP) is 5.04. The van der Waals surface area contributed by atoms with Crippen molar-refractivity contribution in [2.24, 2.45) is 0 Å². The average molecular weight is 291 g/mol. The van der Waals surface area contributed by atoms with Gasteiger partial charge in [-0.05, 0) is 42.8 Å². The van der Waals surface area contributed by atoms with Crippen molar-refractivity contribution in [3.05, 3.63) is 63.6 Å². The van der Waals surface area contributed by atoms with Crippen LogP contribution in [-0.4, -0.2) is 0 Å². The lowest BCUT2D eigenvalue weighted by atomic mass is 10.1. The van der Waals surface area contributed by atoms with Crippen molar-refractivity contribution >= 4 is 28.9 Å². The Balaban J connectivity index is 2.24. The monoisotopic (exact) mass is 290 g/mol. The van der Waals surface area contributed by atoms with E-state index >= 15 is 0 Å². The van der Waals surface area contributed by atoms with Gasteiger partial charge in [-0.2, -0.15) is 5.26 Å². The molecule has 0 saturated carbocycles. The molecule has 19 heavy (non-hydrogen) atoms. The standard InChI is InChI=1S/C15H12Cl2N2/c1-10(11-3-2-4-13(16)7-11)19-15-6-5-14(17)8-12(15)9-18/h2-8,10,19H,1H3. The first-order valence-corrected chi connectivity index (χ1v) is 6.57. The summed E-state index contributed by atoms with van der Waals surface area (Å²) < 4.78 is 0. The zero-order valence-corrected chi connectivity index (χ0v) is 11.8. The number of nitriles is 1.